The molecule has 0 unspecified atom stereocenters. The molecule has 2 aromatic carbocycles. The van der Waals surface area contributed by atoms with E-state index in [9.17, 15) is 10.0 Å². The second-order valence-electron chi connectivity index (χ2n) is 5.69. The number of aryl methyl sites for hydroxylation is 1. The van der Waals surface area contributed by atoms with E-state index >= 15 is 0 Å². The molecular weight excluding hydrogens is 287 g/mol. The van der Waals surface area contributed by atoms with E-state index in [-0.39, 0.29) is 0 Å². The van der Waals surface area contributed by atoms with Crippen LogP contribution in [0.15, 0.2) is 60.8 Å². The third kappa shape index (κ3) is 2.22. The summed E-state index contributed by atoms with van der Waals surface area (Å²) in [4.78, 5) is 4.49. The minimum atomic E-state index is -1.49. The molecule has 0 saturated carbocycles. The molecule has 0 aliphatic carbocycles. The molecule has 0 saturated heterocycles. The van der Waals surface area contributed by atoms with E-state index in [2.05, 4.69) is 15.6 Å². The predicted octanol–water partition coefficient (Wildman–Crippen LogP) is 2.17. The molecule has 4 aromatic rings. The first-order chi connectivity index (χ1) is 11.1. The molecule has 0 radical (unpaired) electrons. The Morgan fingerprint density at radius 2 is 1.70 bits per heavy atom. The summed E-state index contributed by atoms with van der Waals surface area (Å²) in [6.45, 7) is 2.03. The van der Waals surface area contributed by atoms with Gasteiger partial charge in [-0.1, -0.05) is 30.3 Å². The van der Waals surface area contributed by atoms with Crippen LogP contribution in [0.4, 0.5) is 0 Å². The van der Waals surface area contributed by atoms with Crippen molar-refractivity contribution < 1.29 is 10.0 Å². The van der Waals surface area contributed by atoms with Gasteiger partial charge in [-0.3, -0.25) is 4.57 Å². The lowest BCUT2D eigenvalue weighted by atomic mass is 9.80. The van der Waals surface area contributed by atoms with Crippen LogP contribution in [0.1, 0.15) is 5.56 Å². The number of pyridine rings is 1. The lowest BCUT2D eigenvalue weighted by Crippen LogP contribution is -2.29. The average Bonchev–Trinajstić information content (AvgIpc) is 2.88. The second-order valence-corrected chi connectivity index (χ2v) is 5.69. The summed E-state index contributed by atoms with van der Waals surface area (Å²) in [5.74, 6) is 0.820. The molecular formula is C18H15BN2O2. The van der Waals surface area contributed by atoms with Gasteiger partial charge in [0, 0.05) is 17.0 Å². The molecule has 0 spiro atoms. The van der Waals surface area contributed by atoms with Gasteiger partial charge in [-0.2, -0.15) is 0 Å². The summed E-state index contributed by atoms with van der Waals surface area (Å²) in [6, 6.07) is 17.6. The van der Waals surface area contributed by atoms with E-state index in [0.717, 1.165) is 33.2 Å². The van der Waals surface area contributed by atoms with Crippen LogP contribution >= 0.6 is 0 Å². The molecule has 0 amide bonds. The minimum absolute atomic E-state index is 0.467. The summed E-state index contributed by atoms with van der Waals surface area (Å²) in [7, 11) is -1.49. The Bertz CT molecular complexity index is 1020. The van der Waals surface area contributed by atoms with Gasteiger partial charge in [0.25, 0.3) is 0 Å². The fourth-order valence-electron chi connectivity index (χ4n) is 3.04. The lowest BCUT2D eigenvalue weighted by Gasteiger charge is -2.08. The molecule has 0 aliphatic rings. The molecule has 2 heterocycles. The predicted molar refractivity (Wildman–Crippen MR) is 93.1 cm³/mol. The van der Waals surface area contributed by atoms with Crippen molar-refractivity contribution in [3.05, 3.63) is 66.4 Å². The summed E-state index contributed by atoms with van der Waals surface area (Å²) in [6.07, 6.45) is 1.79. The molecule has 2 N–H and O–H groups in total. The van der Waals surface area contributed by atoms with Crippen molar-refractivity contribution in [1.82, 2.24) is 9.55 Å². The largest absolute Gasteiger partial charge is 0.488 e. The highest BCUT2D eigenvalue weighted by atomic mass is 16.4. The highest BCUT2D eigenvalue weighted by Gasteiger charge is 2.17. The van der Waals surface area contributed by atoms with Crippen LogP contribution in [0.25, 0.3) is 27.6 Å². The van der Waals surface area contributed by atoms with E-state index in [4.69, 9.17) is 0 Å². The number of hydrogen-bond acceptors (Lipinski definition) is 3. The molecule has 2 aromatic heterocycles. The Kier molecular flexibility index (Phi) is 3.18. The molecule has 0 bridgehead atoms. The van der Waals surface area contributed by atoms with Gasteiger partial charge in [0.2, 0.25) is 0 Å². The SMILES string of the molecule is Cc1ccnc(-n2c3ccccc3c3ccc(B(O)O)cc32)c1. The number of nitrogens with zero attached hydrogens (tertiary/aromatic N) is 2. The summed E-state index contributed by atoms with van der Waals surface area (Å²) >= 11 is 0. The van der Waals surface area contributed by atoms with Crippen LogP contribution in [0.2, 0.25) is 0 Å². The Morgan fingerprint density at radius 1 is 0.913 bits per heavy atom. The summed E-state index contributed by atoms with van der Waals surface area (Å²) in [5, 5.41) is 21.2. The number of rotatable bonds is 2. The Labute approximate surface area is 133 Å². The van der Waals surface area contributed by atoms with Crippen molar-refractivity contribution >= 4 is 34.4 Å². The number of fused-ring (bicyclic) bond motifs is 3. The number of aromatic nitrogens is 2. The Morgan fingerprint density at radius 3 is 2.48 bits per heavy atom. The van der Waals surface area contributed by atoms with Gasteiger partial charge >= 0.3 is 7.12 Å². The van der Waals surface area contributed by atoms with Gasteiger partial charge in [0.1, 0.15) is 5.82 Å². The first-order valence-corrected chi connectivity index (χ1v) is 7.47. The molecule has 0 aliphatic heterocycles. The molecule has 23 heavy (non-hydrogen) atoms. The molecule has 4 rings (SSSR count). The maximum absolute atomic E-state index is 9.49. The second kappa shape index (κ2) is 5.23. The minimum Gasteiger partial charge on any atom is -0.423 e. The fourth-order valence-corrected chi connectivity index (χ4v) is 3.04. The van der Waals surface area contributed by atoms with Crippen LogP contribution in [0.3, 0.4) is 0 Å². The van der Waals surface area contributed by atoms with Crippen molar-refractivity contribution in [3.8, 4) is 5.82 Å². The standard InChI is InChI=1S/C18H15BN2O2/c1-12-8-9-20-18(10-12)21-16-5-3-2-4-14(16)15-7-6-13(19(22)23)11-17(15)21/h2-11,22-23H,1H3. The number of para-hydroxylation sites is 1. The van der Waals surface area contributed by atoms with Gasteiger partial charge < -0.3 is 10.0 Å². The van der Waals surface area contributed by atoms with Crippen LogP contribution in [-0.4, -0.2) is 26.7 Å². The van der Waals surface area contributed by atoms with Crippen LogP contribution < -0.4 is 5.46 Å². The summed E-state index contributed by atoms with van der Waals surface area (Å²) in [5.41, 5.74) is 3.55. The van der Waals surface area contributed by atoms with Crippen molar-refractivity contribution in [2.24, 2.45) is 0 Å². The maximum atomic E-state index is 9.49. The van der Waals surface area contributed by atoms with Gasteiger partial charge in [-0.25, -0.2) is 4.98 Å². The first kappa shape index (κ1) is 14.0. The van der Waals surface area contributed by atoms with Crippen LogP contribution in [0, 0.1) is 6.92 Å². The lowest BCUT2D eigenvalue weighted by molar-refractivity contribution is 0.426. The highest BCUT2D eigenvalue weighted by Crippen LogP contribution is 2.30. The van der Waals surface area contributed by atoms with Crippen LogP contribution in [0.5, 0.6) is 0 Å². The molecule has 0 fully saturated rings. The first-order valence-electron chi connectivity index (χ1n) is 7.47. The van der Waals surface area contributed by atoms with E-state index in [1.807, 2.05) is 49.4 Å². The Hall–Kier alpha value is -2.63. The number of hydrogen-bond donors (Lipinski definition) is 2. The third-order valence-corrected chi connectivity index (χ3v) is 4.13. The topological polar surface area (TPSA) is 58.3 Å². The van der Waals surface area contributed by atoms with E-state index in [1.54, 1.807) is 12.3 Å². The van der Waals surface area contributed by atoms with Gasteiger partial charge in [0.15, 0.2) is 0 Å². The molecule has 0 atom stereocenters. The van der Waals surface area contributed by atoms with Gasteiger partial charge in [0.05, 0.1) is 11.0 Å². The van der Waals surface area contributed by atoms with Gasteiger partial charge in [-0.15, -0.1) is 0 Å². The van der Waals surface area contributed by atoms with Crippen molar-refractivity contribution in [3.63, 3.8) is 0 Å². The third-order valence-electron chi connectivity index (χ3n) is 4.13. The summed E-state index contributed by atoms with van der Waals surface area (Å²) < 4.78 is 2.06. The highest BCUT2D eigenvalue weighted by molar-refractivity contribution is 6.59. The monoisotopic (exact) mass is 302 g/mol. The fraction of sp³-hybridized carbons (Fsp3) is 0.0556. The van der Waals surface area contributed by atoms with E-state index in [0.29, 0.717) is 5.46 Å². The smallest absolute Gasteiger partial charge is 0.423 e. The molecule has 5 heteroatoms. The van der Waals surface area contributed by atoms with Crippen molar-refractivity contribution in [1.29, 1.82) is 0 Å². The zero-order valence-corrected chi connectivity index (χ0v) is 12.6. The molecule has 112 valence electrons. The normalized spacial score (nSPS) is 11.3. The zero-order valence-electron chi connectivity index (χ0n) is 12.6. The van der Waals surface area contributed by atoms with E-state index < -0.39 is 7.12 Å². The Balaban J connectivity index is 2.15. The average molecular weight is 302 g/mol. The molecule has 4 nitrogen and oxygen atoms in total. The maximum Gasteiger partial charge on any atom is 0.488 e. The van der Waals surface area contributed by atoms with Crippen molar-refractivity contribution in [2.75, 3.05) is 0 Å². The van der Waals surface area contributed by atoms with E-state index in [1.165, 1.54) is 0 Å². The van der Waals surface area contributed by atoms with Crippen molar-refractivity contribution in [2.45, 2.75) is 6.92 Å². The quantitative estimate of drug-likeness (QED) is 0.558. The zero-order chi connectivity index (χ0) is 16.0. The van der Waals surface area contributed by atoms with Crippen LogP contribution in [-0.2, 0) is 0 Å². The number of benzene rings is 2. The van der Waals surface area contributed by atoms with Gasteiger partial charge in [-0.05, 0) is 42.2 Å².